The quantitative estimate of drug-likeness (QED) is 0.260. The van der Waals surface area contributed by atoms with E-state index in [0.29, 0.717) is 6.42 Å². The van der Waals surface area contributed by atoms with Gasteiger partial charge in [0.15, 0.2) is 0 Å². The van der Waals surface area contributed by atoms with Crippen LogP contribution in [0.25, 0.3) is 11.1 Å². The predicted molar refractivity (Wildman–Crippen MR) is 178 cm³/mol. The van der Waals surface area contributed by atoms with E-state index in [0.717, 1.165) is 15.4 Å². The molecular formula is C34H45N5O10. The van der Waals surface area contributed by atoms with Gasteiger partial charge in [-0.3, -0.25) is 19.2 Å². The Balaban J connectivity index is 1.98. The fraction of sp³-hybridized carbons (Fsp3) is 0.471. The summed E-state index contributed by atoms with van der Waals surface area (Å²) in [5.74, 6) is -2.65. The number of hydrogen-bond donors (Lipinski definition) is 4. The van der Waals surface area contributed by atoms with Gasteiger partial charge in [0.1, 0.15) is 35.3 Å². The van der Waals surface area contributed by atoms with E-state index in [1.54, 1.807) is 53.7 Å². The van der Waals surface area contributed by atoms with Crippen LogP contribution in [0.2, 0.25) is 0 Å². The number of fused-ring (bicyclic) bond motifs is 5. The van der Waals surface area contributed by atoms with Crippen molar-refractivity contribution in [3.63, 3.8) is 0 Å². The predicted octanol–water partition coefficient (Wildman–Crippen LogP) is 2.64. The molecule has 2 aromatic carbocycles. The summed E-state index contributed by atoms with van der Waals surface area (Å²) in [5.41, 5.74) is -0.158. The molecule has 4 bridgehead atoms. The van der Waals surface area contributed by atoms with Crippen molar-refractivity contribution in [3.8, 4) is 22.6 Å². The molecule has 1 heterocycles. The van der Waals surface area contributed by atoms with Gasteiger partial charge in [-0.25, -0.2) is 9.59 Å². The third-order valence-corrected chi connectivity index (χ3v) is 6.96. The van der Waals surface area contributed by atoms with Crippen molar-refractivity contribution in [2.45, 2.75) is 65.2 Å². The van der Waals surface area contributed by atoms with Gasteiger partial charge in [0, 0.05) is 31.8 Å². The molecule has 1 atom stereocenters. The van der Waals surface area contributed by atoms with Crippen LogP contribution in [0.3, 0.4) is 0 Å². The number of phenols is 1. The van der Waals surface area contributed by atoms with E-state index in [2.05, 4.69) is 16.0 Å². The van der Waals surface area contributed by atoms with Gasteiger partial charge in [-0.1, -0.05) is 12.1 Å². The fourth-order valence-corrected chi connectivity index (χ4v) is 4.67. The van der Waals surface area contributed by atoms with Crippen LogP contribution in [0.1, 0.15) is 58.7 Å². The van der Waals surface area contributed by atoms with E-state index < -0.39 is 66.2 Å². The van der Waals surface area contributed by atoms with Crippen LogP contribution >= 0.6 is 0 Å². The van der Waals surface area contributed by atoms with E-state index in [1.807, 2.05) is 0 Å². The number of rotatable bonds is 6. The molecule has 0 saturated carbocycles. The molecule has 1 aliphatic rings. The van der Waals surface area contributed by atoms with Crippen molar-refractivity contribution in [2.75, 3.05) is 40.3 Å². The Morgan fingerprint density at radius 1 is 0.918 bits per heavy atom. The van der Waals surface area contributed by atoms with Gasteiger partial charge < -0.3 is 45.1 Å². The number of hydrogen-bond acceptors (Lipinski definition) is 10. The maximum Gasteiger partial charge on any atom is 0.514 e. The molecule has 5 amide bonds. The molecule has 0 saturated heterocycles. The average molecular weight is 684 g/mol. The summed E-state index contributed by atoms with van der Waals surface area (Å²) in [6.45, 7) is 9.01. The lowest BCUT2D eigenvalue weighted by Crippen LogP contribution is -2.48. The van der Waals surface area contributed by atoms with Crippen molar-refractivity contribution in [1.82, 2.24) is 25.8 Å². The van der Waals surface area contributed by atoms with Crippen molar-refractivity contribution in [2.24, 2.45) is 0 Å². The van der Waals surface area contributed by atoms with E-state index in [1.165, 1.54) is 38.4 Å². The minimum atomic E-state index is -1.34. The fourth-order valence-electron chi connectivity index (χ4n) is 4.67. The van der Waals surface area contributed by atoms with Crippen molar-refractivity contribution >= 4 is 35.9 Å². The highest BCUT2D eigenvalue weighted by molar-refractivity contribution is 5.93. The molecule has 2 aromatic rings. The van der Waals surface area contributed by atoms with Gasteiger partial charge in [0.05, 0.1) is 13.1 Å². The number of ether oxygens (including phenoxy) is 3. The highest BCUT2D eigenvalue weighted by Crippen LogP contribution is 2.39. The van der Waals surface area contributed by atoms with Gasteiger partial charge in [-0.15, -0.1) is 0 Å². The molecule has 266 valence electrons. The summed E-state index contributed by atoms with van der Waals surface area (Å²) in [5, 5.41) is 18.6. The first-order valence-corrected chi connectivity index (χ1v) is 15.6. The second-order valence-corrected chi connectivity index (χ2v) is 13.5. The first kappa shape index (κ1) is 38.1. The molecule has 0 radical (unpaired) electrons. The zero-order valence-corrected chi connectivity index (χ0v) is 29.1. The van der Waals surface area contributed by atoms with Crippen LogP contribution in [0, 0.1) is 0 Å². The lowest BCUT2D eigenvalue weighted by molar-refractivity contribution is -0.139. The third kappa shape index (κ3) is 11.4. The molecule has 0 spiro atoms. The van der Waals surface area contributed by atoms with Crippen LogP contribution < -0.4 is 20.7 Å². The Morgan fingerprint density at radius 2 is 1.59 bits per heavy atom. The number of amides is 5. The molecule has 1 aliphatic heterocycles. The zero-order valence-electron chi connectivity index (χ0n) is 29.1. The van der Waals surface area contributed by atoms with Crippen LogP contribution in [0.4, 0.5) is 9.59 Å². The summed E-state index contributed by atoms with van der Waals surface area (Å²) in [6, 6.07) is 7.83. The number of nitrogens with zero attached hydrogens (tertiary/aromatic N) is 2. The van der Waals surface area contributed by atoms with Crippen molar-refractivity contribution < 1.29 is 48.1 Å². The highest BCUT2D eigenvalue weighted by atomic mass is 16.7. The summed E-state index contributed by atoms with van der Waals surface area (Å²) in [7, 11) is 2.72. The largest absolute Gasteiger partial charge is 0.514 e. The first-order chi connectivity index (χ1) is 22.7. The van der Waals surface area contributed by atoms with Gasteiger partial charge >= 0.3 is 12.2 Å². The monoisotopic (exact) mass is 683 g/mol. The molecule has 3 rings (SSSR count). The number of phenolic OH excluding ortho intramolecular Hbond substituents is 1. The minimum Gasteiger partial charge on any atom is -0.507 e. The molecule has 0 fully saturated rings. The normalized spacial score (nSPS) is 15.1. The molecule has 4 N–H and O–H groups in total. The lowest BCUT2D eigenvalue weighted by atomic mass is 9.95. The van der Waals surface area contributed by atoms with Gasteiger partial charge in [-0.05, 0) is 83.4 Å². The van der Waals surface area contributed by atoms with Gasteiger partial charge in [0.2, 0.25) is 23.6 Å². The van der Waals surface area contributed by atoms with Gasteiger partial charge in [-0.2, -0.15) is 0 Å². The molecule has 0 aromatic heterocycles. The van der Waals surface area contributed by atoms with Crippen LogP contribution in [-0.4, -0.2) is 102 Å². The van der Waals surface area contributed by atoms with Crippen LogP contribution in [-0.2, 0) is 35.1 Å². The zero-order chi connectivity index (χ0) is 36.7. The van der Waals surface area contributed by atoms with Crippen LogP contribution in [0.5, 0.6) is 11.5 Å². The average Bonchev–Trinajstić information content (AvgIpc) is 2.98. The van der Waals surface area contributed by atoms with Crippen molar-refractivity contribution in [1.29, 1.82) is 0 Å². The second kappa shape index (κ2) is 15.7. The molecular weight excluding hydrogens is 638 g/mol. The van der Waals surface area contributed by atoms with Gasteiger partial charge in [0.25, 0.3) is 0 Å². The van der Waals surface area contributed by atoms with E-state index >= 15 is 0 Å². The topological polar surface area (TPSA) is 193 Å². The molecule has 1 unspecified atom stereocenters. The smallest absolute Gasteiger partial charge is 0.507 e. The standard InChI is InChI=1S/C34H45N5O10/c1-33(2,3)48-31(45)38(7)19-27(42)36-18-28(43)39(8)29-21-10-12-25(47-32(46)49-34(4,5)6)23(16-21)22-15-20(9-11-24(22)40)13-14-35-26(41)17-37-30(29)44/h9-12,15-16,29,40H,13-14,17-19H2,1-8H3,(H,35,41)(H,36,42)(H,37,44). The summed E-state index contributed by atoms with van der Waals surface area (Å²) in [6.07, 6.45) is -1.32. The molecule has 49 heavy (non-hydrogen) atoms. The number of likely N-dealkylation sites (N-methyl/N-ethyl adjacent to an activating group) is 2. The number of nitrogens with one attached hydrogen (secondary N) is 3. The van der Waals surface area contributed by atoms with E-state index in [4.69, 9.17) is 14.2 Å². The summed E-state index contributed by atoms with van der Waals surface area (Å²) >= 11 is 0. The van der Waals surface area contributed by atoms with E-state index in [9.17, 15) is 33.9 Å². The Kier molecular flexibility index (Phi) is 12.2. The number of aromatic hydroxyl groups is 1. The minimum absolute atomic E-state index is 0.0142. The molecule has 15 heteroatoms. The molecule has 15 nitrogen and oxygen atoms in total. The first-order valence-electron chi connectivity index (χ1n) is 15.6. The molecule has 0 aliphatic carbocycles. The Bertz CT molecular complexity index is 1590. The SMILES string of the molecule is CN(CC(=O)NCC(=O)N(C)C1C(=O)NCC(=O)NCCc2ccc(O)c(c2)-c2cc1ccc2OC(=O)OC(C)(C)C)C(=O)OC(C)(C)C. The van der Waals surface area contributed by atoms with E-state index in [-0.39, 0.29) is 41.3 Å². The van der Waals surface area contributed by atoms with Crippen LogP contribution in [0.15, 0.2) is 36.4 Å². The Morgan fingerprint density at radius 3 is 2.24 bits per heavy atom. The summed E-state index contributed by atoms with van der Waals surface area (Å²) in [4.78, 5) is 79.2. The maximum absolute atomic E-state index is 13.6. The third-order valence-electron chi connectivity index (χ3n) is 6.96. The highest BCUT2D eigenvalue weighted by Gasteiger charge is 2.31. The number of carbonyl (C=O) groups excluding carboxylic acids is 6. The lowest BCUT2D eigenvalue weighted by Gasteiger charge is -2.29. The number of carbonyl (C=O) groups is 6. The summed E-state index contributed by atoms with van der Waals surface area (Å²) < 4.78 is 16.1. The Labute approximate surface area is 285 Å². The second-order valence-electron chi connectivity index (χ2n) is 13.5. The number of benzene rings is 2. The maximum atomic E-state index is 13.6. The van der Waals surface area contributed by atoms with Crippen molar-refractivity contribution in [3.05, 3.63) is 47.5 Å². The Hall–Kier alpha value is -5.34.